The van der Waals surface area contributed by atoms with E-state index < -0.39 is 0 Å². The normalized spacial score (nSPS) is 15.2. The Labute approximate surface area is 225 Å². The quantitative estimate of drug-likeness (QED) is 0.296. The van der Waals surface area contributed by atoms with Crippen molar-refractivity contribution in [3.05, 3.63) is 77.1 Å². The molecule has 2 aromatic carbocycles. The van der Waals surface area contributed by atoms with E-state index in [0.717, 1.165) is 70.5 Å². The fourth-order valence-corrected chi connectivity index (χ4v) is 6.49. The van der Waals surface area contributed by atoms with Gasteiger partial charge >= 0.3 is 0 Å². The number of nitrogens with zero attached hydrogens (tertiary/aromatic N) is 5. The van der Waals surface area contributed by atoms with Crippen LogP contribution in [0.25, 0.3) is 21.1 Å². The number of carbonyl (C=O) groups is 1. The fourth-order valence-electron chi connectivity index (χ4n) is 5.22. The highest BCUT2D eigenvalue weighted by molar-refractivity contribution is 7.19. The zero-order valence-electron chi connectivity index (χ0n) is 21.6. The summed E-state index contributed by atoms with van der Waals surface area (Å²) >= 11 is 1.70. The summed E-state index contributed by atoms with van der Waals surface area (Å²) < 4.78 is 0. The van der Waals surface area contributed by atoms with Crippen molar-refractivity contribution >= 4 is 49.9 Å². The number of carbonyl (C=O) groups excluding carboxylic acids is 1. The summed E-state index contributed by atoms with van der Waals surface area (Å²) in [4.78, 5) is 29.4. The van der Waals surface area contributed by atoms with E-state index in [-0.39, 0.29) is 11.8 Å². The predicted octanol–water partition coefficient (Wildman–Crippen LogP) is 5.01. The molecule has 5 aromatic rings. The van der Waals surface area contributed by atoms with Gasteiger partial charge in [-0.25, -0.2) is 9.97 Å². The van der Waals surface area contributed by atoms with Gasteiger partial charge in [0.25, 0.3) is 0 Å². The minimum absolute atomic E-state index is 0.0192. The van der Waals surface area contributed by atoms with Crippen molar-refractivity contribution in [3.8, 4) is 0 Å². The fraction of sp³-hybridized carbons (Fsp3) is 0.310. The van der Waals surface area contributed by atoms with Gasteiger partial charge in [-0.2, -0.15) is 5.10 Å². The highest BCUT2D eigenvalue weighted by atomic mass is 32.1. The molecule has 0 spiro atoms. The van der Waals surface area contributed by atoms with E-state index in [2.05, 4.69) is 62.7 Å². The topological polar surface area (TPSA) is 90.0 Å². The summed E-state index contributed by atoms with van der Waals surface area (Å²) in [5.41, 5.74) is 4.40. The first-order valence-corrected chi connectivity index (χ1v) is 13.8. The number of fused-ring (bicyclic) bond motifs is 4. The van der Waals surface area contributed by atoms with Gasteiger partial charge in [0.05, 0.1) is 17.1 Å². The Morgan fingerprint density at radius 3 is 2.84 bits per heavy atom. The number of benzene rings is 2. The molecule has 0 bridgehead atoms. The molecule has 1 aliphatic carbocycles. The average Bonchev–Trinajstić information content (AvgIpc) is 3.55. The van der Waals surface area contributed by atoms with Crippen molar-refractivity contribution in [1.29, 1.82) is 0 Å². The Morgan fingerprint density at radius 2 is 2.00 bits per heavy atom. The van der Waals surface area contributed by atoms with Crippen molar-refractivity contribution in [2.75, 3.05) is 32.5 Å². The van der Waals surface area contributed by atoms with E-state index in [1.807, 2.05) is 41.4 Å². The number of aromatic nitrogens is 4. The van der Waals surface area contributed by atoms with Crippen LogP contribution in [0, 0.1) is 5.92 Å². The van der Waals surface area contributed by atoms with Crippen LogP contribution in [0.3, 0.4) is 0 Å². The molecule has 8 nitrogen and oxygen atoms in total. The second kappa shape index (κ2) is 10.5. The Balaban J connectivity index is 1.24. The molecule has 6 rings (SSSR count). The number of aromatic amines is 1. The maximum atomic E-state index is 13.8. The van der Waals surface area contributed by atoms with Crippen molar-refractivity contribution in [2.24, 2.45) is 5.92 Å². The van der Waals surface area contributed by atoms with Gasteiger partial charge in [-0.3, -0.25) is 9.89 Å². The lowest BCUT2D eigenvalue weighted by molar-refractivity contribution is -0.136. The average molecular weight is 526 g/mol. The number of anilines is 2. The van der Waals surface area contributed by atoms with Crippen LogP contribution in [0.5, 0.6) is 0 Å². The Bertz CT molecular complexity index is 1580. The van der Waals surface area contributed by atoms with E-state index in [0.29, 0.717) is 6.54 Å². The Kier molecular flexibility index (Phi) is 6.78. The molecule has 0 radical (unpaired) electrons. The second-order valence-corrected chi connectivity index (χ2v) is 11.3. The summed E-state index contributed by atoms with van der Waals surface area (Å²) in [6, 6.07) is 16.4. The molecule has 0 fully saturated rings. The lowest BCUT2D eigenvalue weighted by Gasteiger charge is -2.30. The van der Waals surface area contributed by atoms with Gasteiger partial charge < -0.3 is 15.1 Å². The largest absolute Gasteiger partial charge is 0.340 e. The maximum Gasteiger partial charge on any atom is 0.226 e. The first-order valence-electron chi connectivity index (χ1n) is 13.0. The van der Waals surface area contributed by atoms with Crippen molar-refractivity contribution in [3.63, 3.8) is 0 Å². The van der Waals surface area contributed by atoms with E-state index in [1.54, 1.807) is 17.7 Å². The zero-order valence-corrected chi connectivity index (χ0v) is 22.5. The number of hydrogen-bond acceptors (Lipinski definition) is 7. The number of hydrogen-bond donors (Lipinski definition) is 2. The summed E-state index contributed by atoms with van der Waals surface area (Å²) in [6.07, 6.45) is 5.87. The van der Waals surface area contributed by atoms with E-state index >= 15 is 0 Å². The number of amides is 1. The van der Waals surface area contributed by atoms with Crippen molar-refractivity contribution in [2.45, 2.75) is 25.8 Å². The molecule has 1 aliphatic rings. The number of aryl methyl sites for hydroxylation is 1. The summed E-state index contributed by atoms with van der Waals surface area (Å²) in [6.45, 7) is 2.20. The molecule has 3 aromatic heterocycles. The number of H-pyrrole nitrogens is 1. The SMILES string of the molecule is CN(C)CCN(Cc1ccccc1)C(=O)[C@H]1CCc2c(sc3ncnc(Nc4ccc5[nH]ncc5c4)c23)C1. The van der Waals surface area contributed by atoms with Gasteiger partial charge in [0.2, 0.25) is 5.91 Å². The van der Waals surface area contributed by atoms with Gasteiger partial charge in [-0.05, 0) is 62.7 Å². The van der Waals surface area contributed by atoms with Gasteiger partial charge in [-0.1, -0.05) is 30.3 Å². The lowest BCUT2D eigenvalue weighted by Crippen LogP contribution is -2.41. The molecule has 0 saturated heterocycles. The third kappa shape index (κ3) is 4.99. The number of nitrogens with one attached hydrogen (secondary N) is 2. The third-order valence-corrected chi connectivity index (χ3v) is 8.40. The van der Waals surface area contributed by atoms with Crippen LogP contribution >= 0.6 is 11.3 Å². The Hall–Kier alpha value is -3.82. The highest BCUT2D eigenvalue weighted by Gasteiger charge is 2.31. The van der Waals surface area contributed by atoms with E-state index in [9.17, 15) is 4.79 Å². The zero-order chi connectivity index (χ0) is 26.1. The summed E-state index contributed by atoms with van der Waals surface area (Å²) in [7, 11) is 4.10. The number of thiophene rings is 1. The lowest BCUT2D eigenvalue weighted by atomic mass is 9.86. The van der Waals surface area contributed by atoms with E-state index in [4.69, 9.17) is 0 Å². The molecule has 0 unspecified atom stereocenters. The van der Waals surface area contributed by atoms with Crippen LogP contribution in [0.15, 0.2) is 61.1 Å². The monoisotopic (exact) mass is 525 g/mol. The molecule has 1 atom stereocenters. The first-order chi connectivity index (χ1) is 18.5. The molecule has 9 heteroatoms. The molecule has 38 heavy (non-hydrogen) atoms. The summed E-state index contributed by atoms with van der Waals surface area (Å²) in [5.74, 6) is 1.04. The van der Waals surface area contributed by atoms with Gasteiger partial charge in [0.1, 0.15) is 17.0 Å². The van der Waals surface area contributed by atoms with Crippen LogP contribution < -0.4 is 5.32 Å². The predicted molar refractivity (Wildman–Crippen MR) is 153 cm³/mol. The number of rotatable bonds is 8. The van der Waals surface area contributed by atoms with Crippen LogP contribution in [-0.4, -0.2) is 63.1 Å². The third-order valence-electron chi connectivity index (χ3n) is 7.24. The van der Waals surface area contributed by atoms with Gasteiger partial charge in [0.15, 0.2) is 0 Å². The standard InChI is InChI=1S/C29H31N7OS/c1-35(2)12-13-36(17-19-6-4-3-5-7-19)29(37)20-8-10-23-25(15-20)38-28-26(23)27(30-18-31-28)33-22-9-11-24-21(14-22)16-32-34-24/h3-7,9,11,14,16,18,20H,8,10,12-13,15,17H2,1-2H3,(H,32,34)(H,30,31,33)/t20-/m0/s1. The van der Waals surface area contributed by atoms with Crippen LogP contribution in [0.1, 0.15) is 22.4 Å². The molecule has 0 saturated carbocycles. The van der Waals surface area contributed by atoms with Gasteiger partial charge in [-0.15, -0.1) is 11.3 Å². The highest BCUT2D eigenvalue weighted by Crippen LogP contribution is 2.41. The van der Waals surface area contributed by atoms with Crippen LogP contribution in [0.4, 0.5) is 11.5 Å². The molecular weight excluding hydrogens is 494 g/mol. The molecule has 1 amide bonds. The van der Waals surface area contributed by atoms with Crippen molar-refractivity contribution < 1.29 is 4.79 Å². The van der Waals surface area contributed by atoms with Crippen LogP contribution in [-0.2, 0) is 24.2 Å². The maximum absolute atomic E-state index is 13.8. The molecule has 2 N–H and O–H groups in total. The van der Waals surface area contributed by atoms with Gasteiger partial charge in [0, 0.05) is 41.5 Å². The summed E-state index contributed by atoms with van der Waals surface area (Å²) in [5, 5.41) is 12.7. The first kappa shape index (κ1) is 24.5. The Morgan fingerprint density at radius 1 is 1.13 bits per heavy atom. The molecular formula is C29H31N7OS. The van der Waals surface area contributed by atoms with Crippen molar-refractivity contribution in [1.82, 2.24) is 30.0 Å². The second-order valence-electron chi connectivity index (χ2n) is 10.2. The molecule has 3 heterocycles. The molecule has 0 aliphatic heterocycles. The smallest absolute Gasteiger partial charge is 0.226 e. The minimum Gasteiger partial charge on any atom is -0.340 e. The minimum atomic E-state index is -0.0192. The van der Waals surface area contributed by atoms with E-state index in [1.165, 1.54) is 10.4 Å². The number of likely N-dealkylation sites (N-methyl/N-ethyl adjacent to an activating group) is 1. The van der Waals surface area contributed by atoms with Crippen LogP contribution in [0.2, 0.25) is 0 Å². The molecule has 194 valence electrons.